The van der Waals surface area contributed by atoms with E-state index in [-0.39, 0.29) is 17.6 Å². The van der Waals surface area contributed by atoms with Gasteiger partial charge >= 0.3 is 0 Å². The zero-order valence-electron chi connectivity index (χ0n) is 17.4. The van der Waals surface area contributed by atoms with E-state index in [1.165, 1.54) is 11.8 Å². The van der Waals surface area contributed by atoms with Crippen molar-refractivity contribution in [1.82, 2.24) is 10.1 Å². The number of thioether (sulfide) groups is 1. The average molecular weight is 422 g/mol. The van der Waals surface area contributed by atoms with Crippen molar-refractivity contribution in [2.75, 3.05) is 31.8 Å². The molecule has 158 valence electrons. The fourth-order valence-corrected chi connectivity index (χ4v) is 3.38. The van der Waals surface area contributed by atoms with Crippen LogP contribution in [0.15, 0.2) is 28.8 Å². The molecule has 0 aliphatic heterocycles. The summed E-state index contributed by atoms with van der Waals surface area (Å²) in [5.74, 6) is 2.19. The summed E-state index contributed by atoms with van der Waals surface area (Å²) in [4.78, 5) is 26.6. The third-order valence-electron chi connectivity index (χ3n) is 4.26. The lowest BCUT2D eigenvalue weighted by molar-refractivity contribution is -0.128. The molecular weight excluding hydrogens is 394 g/mol. The van der Waals surface area contributed by atoms with E-state index in [0.717, 1.165) is 5.56 Å². The van der Waals surface area contributed by atoms with Gasteiger partial charge in [-0.25, -0.2) is 0 Å². The fourth-order valence-electron chi connectivity index (χ4n) is 2.59. The van der Waals surface area contributed by atoms with E-state index in [1.807, 2.05) is 25.1 Å². The first-order valence-corrected chi connectivity index (χ1v) is 10.3. The van der Waals surface area contributed by atoms with Crippen LogP contribution in [0, 0.1) is 6.92 Å². The van der Waals surface area contributed by atoms with Gasteiger partial charge in [-0.1, -0.05) is 11.2 Å². The molecule has 0 bridgehead atoms. The SMILES string of the molecule is CCN(Cc1ccc(OC)c(OC)c1)C(=O)CSC(C)C(=O)Nc1cc(C)on1. The number of amides is 2. The first-order valence-electron chi connectivity index (χ1n) is 9.22. The summed E-state index contributed by atoms with van der Waals surface area (Å²) >= 11 is 1.28. The Morgan fingerprint density at radius 1 is 1.24 bits per heavy atom. The Balaban J connectivity index is 1.89. The van der Waals surface area contributed by atoms with Gasteiger partial charge in [0, 0.05) is 19.2 Å². The molecule has 1 N–H and O–H groups in total. The van der Waals surface area contributed by atoms with Crippen molar-refractivity contribution in [2.45, 2.75) is 32.6 Å². The number of nitrogens with zero attached hydrogens (tertiary/aromatic N) is 2. The third-order valence-corrected chi connectivity index (χ3v) is 5.39. The quantitative estimate of drug-likeness (QED) is 0.630. The molecule has 8 nitrogen and oxygen atoms in total. The highest BCUT2D eigenvalue weighted by Crippen LogP contribution is 2.28. The van der Waals surface area contributed by atoms with E-state index in [1.54, 1.807) is 39.0 Å². The second-order valence-electron chi connectivity index (χ2n) is 6.36. The number of nitrogens with one attached hydrogen (secondary N) is 1. The molecule has 1 atom stereocenters. The number of benzene rings is 1. The minimum Gasteiger partial charge on any atom is -0.493 e. The number of ether oxygens (including phenoxy) is 2. The molecule has 0 fully saturated rings. The smallest absolute Gasteiger partial charge is 0.238 e. The van der Waals surface area contributed by atoms with Crippen LogP contribution in [0.4, 0.5) is 5.82 Å². The van der Waals surface area contributed by atoms with E-state index in [2.05, 4.69) is 10.5 Å². The molecular formula is C20H27N3O5S. The predicted molar refractivity (Wildman–Crippen MR) is 112 cm³/mol. The maximum atomic E-state index is 12.6. The van der Waals surface area contributed by atoms with Gasteiger partial charge in [0.1, 0.15) is 5.76 Å². The van der Waals surface area contributed by atoms with Crippen LogP contribution in [0.5, 0.6) is 11.5 Å². The Hall–Kier alpha value is -2.68. The number of carbonyl (C=O) groups excluding carboxylic acids is 2. The monoisotopic (exact) mass is 421 g/mol. The number of methoxy groups -OCH3 is 2. The Labute approximate surface area is 174 Å². The van der Waals surface area contributed by atoms with Crippen molar-refractivity contribution in [3.05, 3.63) is 35.6 Å². The van der Waals surface area contributed by atoms with E-state index in [4.69, 9.17) is 14.0 Å². The first kappa shape index (κ1) is 22.6. The predicted octanol–water partition coefficient (Wildman–Crippen LogP) is 3.11. The number of aryl methyl sites for hydroxylation is 1. The molecule has 2 rings (SSSR count). The van der Waals surface area contributed by atoms with Crippen LogP contribution in [-0.4, -0.2) is 53.6 Å². The number of carbonyl (C=O) groups is 2. The molecule has 0 radical (unpaired) electrons. The van der Waals surface area contributed by atoms with Crippen LogP contribution in [-0.2, 0) is 16.1 Å². The molecule has 1 aromatic carbocycles. The average Bonchev–Trinajstić information content (AvgIpc) is 3.13. The molecule has 0 saturated heterocycles. The van der Waals surface area contributed by atoms with Gasteiger partial charge < -0.3 is 24.2 Å². The van der Waals surface area contributed by atoms with Gasteiger partial charge in [-0.2, -0.15) is 0 Å². The van der Waals surface area contributed by atoms with Gasteiger partial charge in [-0.3, -0.25) is 9.59 Å². The highest BCUT2D eigenvalue weighted by atomic mass is 32.2. The van der Waals surface area contributed by atoms with E-state index in [0.29, 0.717) is 36.2 Å². The molecule has 0 aliphatic rings. The molecule has 1 heterocycles. The summed E-state index contributed by atoms with van der Waals surface area (Å²) in [7, 11) is 3.16. The molecule has 1 unspecified atom stereocenters. The minimum absolute atomic E-state index is 0.0378. The van der Waals surface area contributed by atoms with Crippen LogP contribution in [0.3, 0.4) is 0 Å². The number of aromatic nitrogens is 1. The normalized spacial score (nSPS) is 11.6. The van der Waals surface area contributed by atoms with Crippen molar-refractivity contribution in [3.63, 3.8) is 0 Å². The Morgan fingerprint density at radius 2 is 1.97 bits per heavy atom. The van der Waals surface area contributed by atoms with Crippen molar-refractivity contribution in [3.8, 4) is 11.5 Å². The fraction of sp³-hybridized carbons (Fsp3) is 0.450. The molecule has 2 amide bonds. The van der Waals surface area contributed by atoms with Crippen molar-refractivity contribution >= 4 is 29.4 Å². The van der Waals surface area contributed by atoms with Crippen molar-refractivity contribution in [1.29, 1.82) is 0 Å². The Kier molecular flexibility index (Phi) is 8.38. The van der Waals surface area contributed by atoms with Crippen molar-refractivity contribution < 1.29 is 23.6 Å². The van der Waals surface area contributed by atoms with Gasteiger partial charge in [0.15, 0.2) is 17.3 Å². The maximum absolute atomic E-state index is 12.6. The third kappa shape index (κ3) is 6.42. The lowest BCUT2D eigenvalue weighted by Crippen LogP contribution is -2.33. The Morgan fingerprint density at radius 3 is 2.55 bits per heavy atom. The van der Waals surface area contributed by atoms with Crippen LogP contribution >= 0.6 is 11.8 Å². The molecule has 29 heavy (non-hydrogen) atoms. The number of anilines is 1. The summed E-state index contributed by atoms with van der Waals surface area (Å²) in [5.41, 5.74) is 0.940. The lowest BCUT2D eigenvalue weighted by atomic mass is 10.2. The zero-order valence-corrected chi connectivity index (χ0v) is 18.2. The van der Waals surface area contributed by atoms with E-state index < -0.39 is 5.25 Å². The van der Waals surface area contributed by atoms with Gasteiger partial charge in [0.25, 0.3) is 0 Å². The van der Waals surface area contributed by atoms with Crippen molar-refractivity contribution in [2.24, 2.45) is 0 Å². The summed E-state index contributed by atoms with van der Waals surface area (Å²) in [6, 6.07) is 7.22. The molecule has 0 spiro atoms. The molecule has 2 aromatic rings. The minimum atomic E-state index is -0.407. The molecule has 9 heteroatoms. The summed E-state index contributed by atoms with van der Waals surface area (Å²) < 4.78 is 15.5. The van der Waals surface area contributed by atoms with Gasteiger partial charge in [-0.05, 0) is 38.5 Å². The van der Waals surface area contributed by atoms with Crippen LogP contribution < -0.4 is 14.8 Å². The molecule has 0 saturated carbocycles. The Bertz CT molecular complexity index is 839. The lowest BCUT2D eigenvalue weighted by Gasteiger charge is -2.22. The topological polar surface area (TPSA) is 93.9 Å². The molecule has 0 aliphatic carbocycles. The second kappa shape index (κ2) is 10.8. The first-order chi connectivity index (χ1) is 13.9. The zero-order chi connectivity index (χ0) is 21.4. The summed E-state index contributed by atoms with van der Waals surface area (Å²) in [6.45, 7) is 6.44. The highest BCUT2D eigenvalue weighted by molar-refractivity contribution is 8.01. The second-order valence-corrected chi connectivity index (χ2v) is 7.69. The number of hydrogen-bond donors (Lipinski definition) is 1. The van der Waals surface area contributed by atoms with Crippen LogP contribution in [0.2, 0.25) is 0 Å². The van der Waals surface area contributed by atoms with Crippen LogP contribution in [0.1, 0.15) is 25.2 Å². The molecule has 1 aromatic heterocycles. The summed E-state index contributed by atoms with van der Waals surface area (Å²) in [6.07, 6.45) is 0. The van der Waals surface area contributed by atoms with E-state index >= 15 is 0 Å². The maximum Gasteiger partial charge on any atom is 0.238 e. The van der Waals surface area contributed by atoms with E-state index in [9.17, 15) is 9.59 Å². The van der Waals surface area contributed by atoms with Crippen LogP contribution in [0.25, 0.3) is 0 Å². The summed E-state index contributed by atoms with van der Waals surface area (Å²) in [5, 5.41) is 6.01. The van der Waals surface area contributed by atoms with Gasteiger partial charge in [0.05, 0.1) is 25.2 Å². The largest absolute Gasteiger partial charge is 0.493 e. The standard InChI is InChI=1S/C20H27N3O5S/c1-6-23(11-15-7-8-16(26-4)17(10-15)27-5)19(24)12-29-14(3)20(25)21-18-9-13(2)28-22-18/h7-10,14H,6,11-12H2,1-5H3,(H,21,22,25). The number of rotatable bonds is 10. The number of hydrogen-bond acceptors (Lipinski definition) is 7. The highest BCUT2D eigenvalue weighted by Gasteiger charge is 2.19. The van der Waals surface area contributed by atoms with Gasteiger partial charge in [0.2, 0.25) is 11.8 Å². The van der Waals surface area contributed by atoms with Gasteiger partial charge in [-0.15, -0.1) is 11.8 Å².